The van der Waals surface area contributed by atoms with Gasteiger partial charge in [-0.15, -0.1) is 0 Å². The Labute approximate surface area is 129 Å². The van der Waals surface area contributed by atoms with Gasteiger partial charge in [0.05, 0.1) is 7.11 Å². The van der Waals surface area contributed by atoms with E-state index < -0.39 is 0 Å². The Morgan fingerprint density at radius 3 is 2.24 bits per heavy atom. The van der Waals surface area contributed by atoms with Crippen molar-refractivity contribution < 1.29 is 4.74 Å². The van der Waals surface area contributed by atoms with Gasteiger partial charge in [-0.1, -0.05) is 63.2 Å². The molecule has 0 aliphatic carbocycles. The lowest BCUT2D eigenvalue weighted by atomic mass is 9.91. The zero-order chi connectivity index (χ0) is 15.2. The summed E-state index contributed by atoms with van der Waals surface area (Å²) in [7, 11) is 1.77. The van der Waals surface area contributed by atoms with Gasteiger partial charge in [0.2, 0.25) is 0 Å². The zero-order valence-corrected chi connectivity index (χ0v) is 13.6. The second-order valence-corrected chi connectivity index (χ2v) is 6.14. The summed E-state index contributed by atoms with van der Waals surface area (Å²) in [4.78, 5) is 0. The first-order valence-corrected chi connectivity index (χ1v) is 7.83. The summed E-state index contributed by atoms with van der Waals surface area (Å²) >= 11 is 0. The molecule has 2 aromatic carbocycles. The van der Waals surface area contributed by atoms with Gasteiger partial charge in [0.25, 0.3) is 0 Å². The Balaban J connectivity index is 2.22. The molecule has 0 fully saturated rings. The van der Waals surface area contributed by atoms with Crippen LogP contribution in [0.4, 0.5) is 0 Å². The van der Waals surface area contributed by atoms with E-state index in [2.05, 4.69) is 69.3 Å². The summed E-state index contributed by atoms with van der Waals surface area (Å²) in [5.74, 6) is 2.13. The molecule has 21 heavy (non-hydrogen) atoms. The molecular formula is C20H26O. The fourth-order valence-electron chi connectivity index (χ4n) is 2.62. The molecule has 0 aliphatic rings. The average molecular weight is 282 g/mol. The predicted octanol–water partition coefficient (Wildman–Crippen LogP) is 5.44. The van der Waals surface area contributed by atoms with E-state index in [0.717, 1.165) is 18.1 Å². The summed E-state index contributed by atoms with van der Waals surface area (Å²) in [6.45, 7) is 6.77. The van der Waals surface area contributed by atoms with Crippen LogP contribution in [0.15, 0.2) is 48.5 Å². The molecule has 0 N–H and O–H groups in total. The molecule has 1 unspecified atom stereocenters. The van der Waals surface area contributed by atoms with E-state index in [1.807, 2.05) is 0 Å². The van der Waals surface area contributed by atoms with Gasteiger partial charge in [0.1, 0.15) is 5.75 Å². The summed E-state index contributed by atoms with van der Waals surface area (Å²) < 4.78 is 5.60. The summed E-state index contributed by atoms with van der Waals surface area (Å²) in [6.07, 6.45) is 2.28. The largest absolute Gasteiger partial charge is 0.496 e. The van der Waals surface area contributed by atoms with Crippen molar-refractivity contribution in [2.45, 2.75) is 39.5 Å². The third-order valence-corrected chi connectivity index (χ3v) is 4.10. The molecule has 0 amide bonds. The van der Waals surface area contributed by atoms with Crippen molar-refractivity contribution in [1.29, 1.82) is 0 Å². The number of ether oxygens (including phenoxy) is 1. The predicted molar refractivity (Wildman–Crippen MR) is 90.1 cm³/mol. The number of methoxy groups -OCH3 is 1. The number of aryl methyl sites for hydroxylation is 1. The van der Waals surface area contributed by atoms with E-state index in [9.17, 15) is 0 Å². The molecule has 2 rings (SSSR count). The Bertz CT molecular complexity index is 557. The summed E-state index contributed by atoms with van der Waals surface area (Å²) in [5.41, 5.74) is 3.97. The molecule has 0 heterocycles. The molecule has 0 saturated carbocycles. The lowest BCUT2D eigenvalue weighted by Crippen LogP contribution is -2.00. The van der Waals surface area contributed by atoms with Crippen LogP contribution in [0.3, 0.4) is 0 Å². The molecule has 2 aromatic rings. The van der Waals surface area contributed by atoms with Crippen molar-refractivity contribution in [3.63, 3.8) is 0 Å². The minimum atomic E-state index is 0.388. The maximum atomic E-state index is 5.60. The second-order valence-electron chi connectivity index (χ2n) is 6.14. The third-order valence-electron chi connectivity index (χ3n) is 4.10. The van der Waals surface area contributed by atoms with Crippen LogP contribution < -0.4 is 4.74 Å². The van der Waals surface area contributed by atoms with Crippen molar-refractivity contribution in [2.24, 2.45) is 5.92 Å². The molecule has 0 aromatic heterocycles. The van der Waals surface area contributed by atoms with Gasteiger partial charge < -0.3 is 4.74 Å². The average Bonchev–Trinajstić information content (AvgIpc) is 2.52. The van der Waals surface area contributed by atoms with Gasteiger partial charge in [-0.05, 0) is 41.5 Å². The van der Waals surface area contributed by atoms with E-state index in [1.54, 1.807) is 7.11 Å². The highest BCUT2D eigenvalue weighted by Gasteiger charge is 2.11. The number of rotatable bonds is 6. The molecular weight excluding hydrogens is 256 g/mol. The Hall–Kier alpha value is -1.76. The van der Waals surface area contributed by atoms with Crippen molar-refractivity contribution >= 4 is 0 Å². The van der Waals surface area contributed by atoms with Gasteiger partial charge >= 0.3 is 0 Å². The third kappa shape index (κ3) is 4.10. The smallest absolute Gasteiger partial charge is 0.122 e. The number of hydrogen-bond donors (Lipinski definition) is 0. The highest BCUT2D eigenvalue weighted by Crippen LogP contribution is 2.30. The fourth-order valence-corrected chi connectivity index (χ4v) is 2.62. The lowest BCUT2D eigenvalue weighted by Gasteiger charge is -2.16. The van der Waals surface area contributed by atoms with Crippen molar-refractivity contribution in [2.75, 3.05) is 7.11 Å². The molecule has 0 spiro atoms. The van der Waals surface area contributed by atoms with Crippen LogP contribution >= 0.6 is 0 Å². The van der Waals surface area contributed by atoms with E-state index in [1.165, 1.54) is 23.1 Å². The molecule has 0 saturated heterocycles. The van der Waals surface area contributed by atoms with Gasteiger partial charge in [-0.3, -0.25) is 0 Å². The summed E-state index contributed by atoms with van der Waals surface area (Å²) in [5, 5.41) is 0. The van der Waals surface area contributed by atoms with Gasteiger partial charge in [0, 0.05) is 5.92 Å². The van der Waals surface area contributed by atoms with Crippen LogP contribution in [0.2, 0.25) is 0 Å². The Morgan fingerprint density at radius 1 is 0.905 bits per heavy atom. The van der Waals surface area contributed by atoms with Crippen LogP contribution in [0, 0.1) is 5.92 Å². The second kappa shape index (κ2) is 7.31. The molecule has 1 nitrogen and oxygen atoms in total. The monoisotopic (exact) mass is 282 g/mol. The van der Waals surface area contributed by atoms with E-state index in [-0.39, 0.29) is 0 Å². The van der Waals surface area contributed by atoms with Crippen molar-refractivity contribution in [3.8, 4) is 5.75 Å². The first-order chi connectivity index (χ1) is 10.1. The van der Waals surface area contributed by atoms with Crippen molar-refractivity contribution in [1.82, 2.24) is 0 Å². The first-order valence-electron chi connectivity index (χ1n) is 7.83. The minimum Gasteiger partial charge on any atom is -0.496 e. The minimum absolute atomic E-state index is 0.388. The van der Waals surface area contributed by atoms with Gasteiger partial charge in [-0.2, -0.15) is 0 Å². The van der Waals surface area contributed by atoms with Gasteiger partial charge in [0.15, 0.2) is 0 Å². The molecule has 1 heteroatoms. The van der Waals surface area contributed by atoms with Crippen LogP contribution in [0.1, 0.15) is 49.8 Å². The highest BCUT2D eigenvalue weighted by atomic mass is 16.5. The normalized spacial score (nSPS) is 12.4. The highest BCUT2D eigenvalue weighted by molar-refractivity contribution is 5.42. The summed E-state index contributed by atoms with van der Waals surface area (Å²) in [6, 6.07) is 17.3. The van der Waals surface area contributed by atoms with E-state index >= 15 is 0 Å². The SMILES string of the molecule is COc1cc(C(C)c2ccccc2)ccc1CCC(C)C. The van der Waals surface area contributed by atoms with Gasteiger partial charge in [-0.25, -0.2) is 0 Å². The quantitative estimate of drug-likeness (QED) is 0.686. The molecule has 1 atom stereocenters. The Kier molecular flexibility index (Phi) is 5.44. The van der Waals surface area contributed by atoms with Crippen molar-refractivity contribution in [3.05, 3.63) is 65.2 Å². The zero-order valence-electron chi connectivity index (χ0n) is 13.6. The van der Waals surface area contributed by atoms with Crippen LogP contribution in [-0.2, 0) is 6.42 Å². The topological polar surface area (TPSA) is 9.23 Å². The Morgan fingerprint density at radius 2 is 1.62 bits per heavy atom. The molecule has 0 radical (unpaired) electrons. The number of benzene rings is 2. The molecule has 112 valence electrons. The fraction of sp³-hybridized carbons (Fsp3) is 0.400. The standard InChI is InChI=1S/C20H26O/c1-15(2)10-11-18-12-13-19(14-20(18)21-4)16(3)17-8-6-5-7-9-17/h5-9,12-16H,10-11H2,1-4H3. The van der Waals surface area contributed by atoms with E-state index in [0.29, 0.717) is 5.92 Å². The number of hydrogen-bond acceptors (Lipinski definition) is 1. The first kappa shape index (κ1) is 15.6. The van der Waals surface area contributed by atoms with E-state index in [4.69, 9.17) is 4.74 Å². The lowest BCUT2D eigenvalue weighted by molar-refractivity contribution is 0.407. The maximum absolute atomic E-state index is 5.60. The molecule has 0 aliphatic heterocycles. The van der Waals surface area contributed by atoms with Crippen LogP contribution in [0.25, 0.3) is 0 Å². The maximum Gasteiger partial charge on any atom is 0.122 e. The van der Waals surface area contributed by atoms with Crippen LogP contribution in [0.5, 0.6) is 5.75 Å². The molecule has 0 bridgehead atoms. The van der Waals surface area contributed by atoms with Crippen LogP contribution in [-0.4, -0.2) is 7.11 Å².